The van der Waals surface area contributed by atoms with Crippen LogP contribution in [0.15, 0.2) is 34.9 Å². The van der Waals surface area contributed by atoms with E-state index in [1.165, 1.54) is 5.69 Å². The smallest absolute Gasteiger partial charge is 0.0598 e. The number of aryl methyl sites for hydroxylation is 1. The van der Waals surface area contributed by atoms with Crippen molar-refractivity contribution in [1.29, 1.82) is 0 Å². The van der Waals surface area contributed by atoms with E-state index >= 15 is 0 Å². The second-order valence-corrected chi connectivity index (χ2v) is 5.24. The van der Waals surface area contributed by atoms with Crippen LogP contribution in [0.1, 0.15) is 5.69 Å². The Bertz CT molecular complexity index is 536. The van der Waals surface area contributed by atoms with Crippen LogP contribution < -0.4 is 10.6 Å². The highest BCUT2D eigenvalue weighted by Gasteiger charge is 2.07. The first-order chi connectivity index (χ1) is 8.58. The average molecular weight is 309 g/mol. The molecule has 5 heteroatoms. The monoisotopic (exact) mass is 308 g/mol. The van der Waals surface area contributed by atoms with Crippen LogP contribution in [0, 0.1) is 0 Å². The summed E-state index contributed by atoms with van der Waals surface area (Å²) in [5, 5.41) is 4.16. The molecule has 0 aliphatic rings. The van der Waals surface area contributed by atoms with Gasteiger partial charge in [0.1, 0.15) is 0 Å². The van der Waals surface area contributed by atoms with Crippen LogP contribution in [-0.2, 0) is 13.5 Å². The maximum atomic E-state index is 6.01. The summed E-state index contributed by atoms with van der Waals surface area (Å²) in [5.74, 6) is 0. The first-order valence-electron chi connectivity index (χ1n) is 5.81. The first-order valence-corrected chi connectivity index (χ1v) is 6.60. The summed E-state index contributed by atoms with van der Waals surface area (Å²) in [5.41, 5.74) is 9.08. The third-order valence-corrected chi connectivity index (χ3v) is 3.52. The summed E-state index contributed by atoms with van der Waals surface area (Å²) in [6, 6.07) is 8.00. The van der Waals surface area contributed by atoms with Crippen molar-refractivity contribution in [1.82, 2.24) is 9.78 Å². The zero-order valence-corrected chi connectivity index (χ0v) is 12.2. The van der Waals surface area contributed by atoms with Crippen LogP contribution in [0.2, 0.25) is 0 Å². The lowest BCUT2D eigenvalue weighted by atomic mass is 10.2. The second kappa shape index (κ2) is 5.44. The first kappa shape index (κ1) is 13.0. The quantitative estimate of drug-likeness (QED) is 0.883. The lowest BCUT2D eigenvalue weighted by molar-refractivity contribution is 0.699. The lowest BCUT2D eigenvalue weighted by Crippen LogP contribution is -2.22. The normalized spacial score (nSPS) is 10.6. The van der Waals surface area contributed by atoms with E-state index in [0.717, 1.165) is 28.8 Å². The predicted octanol–water partition coefficient (Wildman–Crippen LogP) is 2.44. The van der Waals surface area contributed by atoms with Crippen molar-refractivity contribution in [2.75, 3.05) is 24.2 Å². The summed E-state index contributed by atoms with van der Waals surface area (Å²) in [6.45, 7) is 0.908. The fraction of sp³-hybridized carbons (Fsp3) is 0.308. The van der Waals surface area contributed by atoms with Gasteiger partial charge in [-0.3, -0.25) is 4.68 Å². The van der Waals surface area contributed by atoms with Gasteiger partial charge in [0, 0.05) is 43.4 Å². The molecule has 0 unspecified atom stereocenters. The molecule has 0 aliphatic heterocycles. The molecular formula is C13H17BrN4. The summed E-state index contributed by atoms with van der Waals surface area (Å²) < 4.78 is 2.91. The summed E-state index contributed by atoms with van der Waals surface area (Å²) in [4.78, 5) is 2.16. The Hall–Kier alpha value is -1.49. The van der Waals surface area contributed by atoms with Gasteiger partial charge in [-0.1, -0.05) is 15.9 Å². The highest BCUT2D eigenvalue weighted by molar-refractivity contribution is 9.10. The largest absolute Gasteiger partial charge is 0.397 e. The minimum absolute atomic E-state index is 0.789. The van der Waals surface area contributed by atoms with E-state index in [2.05, 4.69) is 33.0 Å². The molecule has 2 N–H and O–H groups in total. The number of anilines is 2. The van der Waals surface area contributed by atoms with E-state index in [1.807, 2.05) is 42.2 Å². The third-order valence-electron chi connectivity index (χ3n) is 3.03. The van der Waals surface area contributed by atoms with Crippen LogP contribution in [0.4, 0.5) is 11.4 Å². The Morgan fingerprint density at radius 1 is 1.39 bits per heavy atom. The number of hydrogen-bond donors (Lipinski definition) is 1. The number of halogens is 1. The number of rotatable bonds is 4. The van der Waals surface area contributed by atoms with Crippen molar-refractivity contribution in [2.24, 2.45) is 7.05 Å². The molecule has 0 aliphatic carbocycles. The van der Waals surface area contributed by atoms with Crippen LogP contribution in [-0.4, -0.2) is 23.4 Å². The van der Waals surface area contributed by atoms with Crippen LogP contribution in [0.3, 0.4) is 0 Å². The van der Waals surface area contributed by atoms with Gasteiger partial charge in [-0.25, -0.2) is 0 Å². The number of nitrogen functional groups attached to an aromatic ring is 1. The molecule has 0 saturated heterocycles. The molecule has 4 nitrogen and oxygen atoms in total. The SMILES string of the molecule is CN(CCc1ccnn1C)c1ccc(Br)cc1N. The molecule has 2 aromatic rings. The molecular weight excluding hydrogens is 292 g/mol. The third kappa shape index (κ3) is 2.85. The Morgan fingerprint density at radius 3 is 2.78 bits per heavy atom. The maximum Gasteiger partial charge on any atom is 0.0598 e. The van der Waals surface area contributed by atoms with Gasteiger partial charge in [-0.05, 0) is 24.3 Å². The molecule has 18 heavy (non-hydrogen) atoms. The van der Waals surface area contributed by atoms with E-state index in [1.54, 1.807) is 0 Å². The second-order valence-electron chi connectivity index (χ2n) is 4.32. The predicted molar refractivity (Wildman–Crippen MR) is 78.7 cm³/mol. The van der Waals surface area contributed by atoms with E-state index in [9.17, 15) is 0 Å². The Balaban J connectivity index is 2.03. The van der Waals surface area contributed by atoms with Gasteiger partial charge in [-0.2, -0.15) is 5.10 Å². The van der Waals surface area contributed by atoms with Gasteiger partial charge in [-0.15, -0.1) is 0 Å². The number of benzene rings is 1. The molecule has 1 aromatic carbocycles. The Labute approximate surface area is 116 Å². The summed E-state index contributed by atoms with van der Waals surface area (Å²) in [6.07, 6.45) is 2.77. The molecule has 0 fully saturated rings. The summed E-state index contributed by atoms with van der Waals surface area (Å²) in [7, 11) is 4.01. The van der Waals surface area contributed by atoms with Crippen LogP contribution in [0.5, 0.6) is 0 Å². The Kier molecular flexibility index (Phi) is 3.91. The van der Waals surface area contributed by atoms with Crippen molar-refractivity contribution < 1.29 is 0 Å². The van der Waals surface area contributed by atoms with Crippen molar-refractivity contribution in [3.8, 4) is 0 Å². The molecule has 2 rings (SSSR count). The fourth-order valence-electron chi connectivity index (χ4n) is 1.92. The van der Waals surface area contributed by atoms with Crippen molar-refractivity contribution >= 4 is 27.3 Å². The van der Waals surface area contributed by atoms with Gasteiger partial charge in [0.05, 0.1) is 11.4 Å². The minimum Gasteiger partial charge on any atom is -0.397 e. The molecule has 1 aromatic heterocycles. The molecule has 0 amide bonds. The van der Waals surface area contributed by atoms with E-state index < -0.39 is 0 Å². The van der Waals surface area contributed by atoms with Gasteiger partial charge in [0.15, 0.2) is 0 Å². The molecule has 96 valence electrons. The van der Waals surface area contributed by atoms with E-state index in [0.29, 0.717) is 0 Å². The number of likely N-dealkylation sites (N-methyl/N-ethyl adjacent to an activating group) is 1. The fourth-order valence-corrected chi connectivity index (χ4v) is 2.30. The molecule has 0 radical (unpaired) electrons. The molecule has 0 bridgehead atoms. The highest BCUT2D eigenvalue weighted by atomic mass is 79.9. The van der Waals surface area contributed by atoms with Gasteiger partial charge in [0.25, 0.3) is 0 Å². The van der Waals surface area contributed by atoms with Crippen molar-refractivity contribution in [3.63, 3.8) is 0 Å². The van der Waals surface area contributed by atoms with Crippen molar-refractivity contribution in [3.05, 3.63) is 40.6 Å². The van der Waals surface area contributed by atoms with E-state index in [4.69, 9.17) is 5.73 Å². The van der Waals surface area contributed by atoms with Crippen LogP contribution >= 0.6 is 15.9 Å². The minimum atomic E-state index is 0.789. The van der Waals surface area contributed by atoms with Gasteiger partial charge < -0.3 is 10.6 Å². The number of nitrogens with zero attached hydrogens (tertiary/aromatic N) is 3. The highest BCUT2D eigenvalue weighted by Crippen LogP contribution is 2.25. The zero-order chi connectivity index (χ0) is 13.1. The van der Waals surface area contributed by atoms with Crippen LogP contribution in [0.25, 0.3) is 0 Å². The average Bonchev–Trinajstić information content (AvgIpc) is 2.72. The van der Waals surface area contributed by atoms with Gasteiger partial charge >= 0.3 is 0 Å². The lowest BCUT2D eigenvalue weighted by Gasteiger charge is -2.21. The molecule has 0 spiro atoms. The number of nitrogens with two attached hydrogens (primary N) is 1. The van der Waals surface area contributed by atoms with Gasteiger partial charge in [0.2, 0.25) is 0 Å². The topological polar surface area (TPSA) is 47.1 Å². The van der Waals surface area contributed by atoms with Crippen molar-refractivity contribution in [2.45, 2.75) is 6.42 Å². The molecule has 0 atom stereocenters. The Morgan fingerprint density at radius 2 is 2.17 bits per heavy atom. The number of hydrogen-bond acceptors (Lipinski definition) is 3. The maximum absolute atomic E-state index is 6.01. The zero-order valence-electron chi connectivity index (χ0n) is 10.6. The number of aromatic nitrogens is 2. The standard InChI is InChI=1S/C13H17BrN4/c1-17(8-6-11-5-7-16-18(11)2)13-4-3-10(14)9-12(13)15/h3-5,7,9H,6,8,15H2,1-2H3. The molecule has 1 heterocycles. The van der Waals surface area contributed by atoms with E-state index in [-0.39, 0.29) is 0 Å². The summed E-state index contributed by atoms with van der Waals surface area (Å²) >= 11 is 3.42. The molecule has 0 saturated carbocycles.